The molecule has 0 aromatic carbocycles. The number of hydrogen-bond donors (Lipinski definition) is 1. The van der Waals surface area contributed by atoms with Crippen LogP contribution in [0.4, 0.5) is 11.5 Å². The predicted molar refractivity (Wildman–Crippen MR) is 70.7 cm³/mol. The van der Waals surface area contributed by atoms with E-state index in [9.17, 15) is 10.1 Å². The van der Waals surface area contributed by atoms with Gasteiger partial charge in [0, 0.05) is 12.6 Å². The Morgan fingerprint density at radius 1 is 1.63 bits per heavy atom. The van der Waals surface area contributed by atoms with Crippen LogP contribution in [0, 0.1) is 26.9 Å². The Kier molecular flexibility index (Phi) is 3.65. The van der Waals surface area contributed by atoms with E-state index in [2.05, 4.69) is 17.2 Å². The summed E-state index contributed by atoms with van der Waals surface area (Å²) in [6, 6.07) is 3.21. The number of anilines is 1. The summed E-state index contributed by atoms with van der Waals surface area (Å²) < 4.78 is 0. The molecule has 0 atom stereocenters. The molecule has 1 heterocycles. The zero-order valence-electron chi connectivity index (χ0n) is 10.8. The van der Waals surface area contributed by atoms with Crippen LogP contribution in [-0.4, -0.2) is 16.5 Å². The number of hydrogen-bond acceptors (Lipinski definition) is 5. The van der Waals surface area contributed by atoms with Crippen LogP contribution in [0.15, 0.2) is 12.3 Å². The third-order valence-corrected chi connectivity index (χ3v) is 3.57. The Morgan fingerprint density at radius 3 is 2.89 bits per heavy atom. The summed E-state index contributed by atoms with van der Waals surface area (Å²) in [5.74, 6) is 0.440. The quantitative estimate of drug-likeness (QED) is 0.627. The lowest BCUT2D eigenvalue weighted by Crippen LogP contribution is -2.16. The van der Waals surface area contributed by atoms with Crippen molar-refractivity contribution < 1.29 is 4.92 Å². The molecule has 0 aliphatic heterocycles. The minimum Gasteiger partial charge on any atom is -0.368 e. The number of aromatic nitrogens is 1. The molecule has 2 rings (SSSR count). The van der Waals surface area contributed by atoms with Gasteiger partial charge in [-0.25, -0.2) is 4.98 Å². The van der Waals surface area contributed by atoms with Gasteiger partial charge in [0.25, 0.3) is 5.69 Å². The molecular formula is C13H16N4O2. The molecule has 1 aromatic heterocycles. The SMILES string of the molecule is CCCC1(CNc2ncc([N+](=O)[O-])cc2C#N)CC1. The van der Waals surface area contributed by atoms with E-state index in [-0.39, 0.29) is 11.3 Å². The lowest BCUT2D eigenvalue weighted by atomic mass is 10.0. The van der Waals surface area contributed by atoms with Crippen molar-refractivity contribution in [1.82, 2.24) is 4.98 Å². The largest absolute Gasteiger partial charge is 0.368 e. The highest BCUT2D eigenvalue weighted by Gasteiger charge is 2.41. The summed E-state index contributed by atoms with van der Waals surface area (Å²) in [6.07, 6.45) is 5.88. The van der Waals surface area contributed by atoms with E-state index in [0.29, 0.717) is 11.2 Å². The highest BCUT2D eigenvalue weighted by molar-refractivity contribution is 5.55. The zero-order valence-corrected chi connectivity index (χ0v) is 10.8. The van der Waals surface area contributed by atoms with Crippen LogP contribution in [-0.2, 0) is 0 Å². The van der Waals surface area contributed by atoms with Crippen molar-refractivity contribution in [2.75, 3.05) is 11.9 Å². The van der Waals surface area contributed by atoms with Crippen molar-refractivity contribution in [1.29, 1.82) is 5.26 Å². The summed E-state index contributed by atoms with van der Waals surface area (Å²) in [5, 5.41) is 22.8. The Morgan fingerprint density at radius 2 is 2.37 bits per heavy atom. The maximum absolute atomic E-state index is 10.6. The number of nitrogens with zero attached hydrogens (tertiary/aromatic N) is 3. The van der Waals surface area contributed by atoms with E-state index in [1.165, 1.54) is 25.1 Å². The first kappa shape index (κ1) is 13.3. The summed E-state index contributed by atoms with van der Waals surface area (Å²) in [7, 11) is 0. The maximum atomic E-state index is 10.6. The van der Waals surface area contributed by atoms with Crippen LogP contribution in [0.25, 0.3) is 0 Å². The Balaban J connectivity index is 2.08. The van der Waals surface area contributed by atoms with Gasteiger partial charge in [-0.3, -0.25) is 10.1 Å². The van der Waals surface area contributed by atoms with Gasteiger partial charge in [0.1, 0.15) is 23.6 Å². The lowest BCUT2D eigenvalue weighted by Gasteiger charge is -2.15. The zero-order chi connectivity index (χ0) is 13.9. The minimum absolute atomic E-state index is 0.156. The molecule has 1 aliphatic carbocycles. The molecule has 6 heteroatoms. The molecule has 0 saturated heterocycles. The fraction of sp³-hybridized carbons (Fsp3) is 0.538. The van der Waals surface area contributed by atoms with Gasteiger partial charge in [-0.1, -0.05) is 13.3 Å². The van der Waals surface area contributed by atoms with Crippen LogP contribution >= 0.6 is 0 Å². The van der Waals surface area contributed by atoms with E-state index < -0.39 is 4.92 Å². The fourth-order valence-corrected chi connectivity index (χ4v) is 2.27. The topological polar surface area (TPSA) is 91.8 Å². The number of rotatable bonds is 6. The normalized spacial score (nSPS) is 15.6. The third kappa shape index (κ3) is 2.99. The van der Waals surface area contributed by atoms with Gasteiger partial charge in [-0.2, -0.15) is 5.26 Å². The fourth-order valence-electron chi connectivity index (χ4n) is 2.27. The third-order valence-electron chi connectivity index (χ3n) is 3.57. The second-order valence-electron chi connectivity index (χ2n) is 5.06. The molecule has 0 radical (unpaired) electrons. The average molecular weight is 260 g/mol. The van der Waals surface area contributed by atoms with E-state index in [1.807, 2.05) is 6.07 Å². The molecule has 0 unspecified atom stereocenters. The van der Waals surface area contributed by atoms with Crippen molar-refractivity contribution in [3.8, 4) is 6.07 Å². The van der Waals surface area contributed by atoms with Crippen LogP contribution in [0.2, 0.25) is 0 Å². The monoisotopic (exact) mass is 260 g/mol. The van der Waals surface area contributed by atoms with E-state index >= 15 is 0 Å². The summed E-state index contributed by atoms with van der Waals surface area (Å²) >= 11 is 0. The minimum atomic E-state index is -0.545. The predicted octanol–water partition coefficient (Wildman–Crippen LogP) is 2.85. The van der Waals surface area contributed by atoms with Gasteiger partial charge in [0.05, 0.1) is 4.92 Å². The molecule has 1 aliphatic rings. The first-order valence-corrected chi connectivity index (χ1v) is 6.39. The van der Waals surface area contributed by atoms with Gasteiger partial charge < -0.3 is 5.32 Å². The molecule has 0 bridgehead atoms. The molecule has 0 spiro atoms. The molecule has 100 valence electrons. The first-order valence-electron chi connectivity index (χ1n) is 6.39. The summed E-state index contributed by atoms with van der Waals surface area (Å²) in [4.78, 5) is 14.1. The smallest absolute Gasteiger partial charge is 0.289 e. The summed E-state index contributed by atoms with van der Waals surface area (Å²) in [5.41, 5.74) is 0.406. The van der Waals surface area contributed by atoms with Gasteiger partial charge in [0.2, 0.25) is 0 Å². The van der Waals surface area contributed by atoms with Crippen LogP contribution in [0.1, 0.15) is 38.2 Å². The van der Waals surface area contributed by atoms with Crippen molar-refractivity contribution >= 4 is 11.5 Å². The Labute approximate surface area is 111 Å². The molecule has 1 saturated carbocycles. The second-order valence-corrected chi connectivity index (χ2v) is 5.06. The van der Waals surface area contributed by atoms with E-state index in [1.54, 1.807) is 0 Å². The first-order chi connectivity index (χ1) is 9.10. The van der Waals surface area contributed by atoms with Gasteiger partial charge >= 0.3 is 0 Å². The van der Waals surface area contributed by atoms with E-state index in [0.717, 1.165) is 19.4 Å². The summed E-state index contributed by atoms with van der Waals surface area (Å²) in [6.45, 7) is 2.94. The molecule has 1 fully saturated rings. The van der Waals surface area contributed by atoms with Crippen molar-refractivity contribution in [2.24, 2.45) is 5.41 Å². The standard InChI is InChI=1S/C13H16N4O2/c1-2-3-13(4-5-13)9-16-12-10(7-14)6-11(8-15-12)17(18)19/h6,8H,2-5,9H2,1H3,(H,15,16). The molecule has 1 N–H and O–H groups in total. The maximum Gasteiger partial charge on any atom is 0.289 e. The van der Waals surface area contributed by atoms with E-state index in [4.69, 9.17) is 5.26 Å². The van der Waals surface area contributed by atoms with Crippen LogP contribution in [0.5, 0.6) is 0 Å². The Bertz CT molecular complexity index is 532. The molecule has 19 heavy (non-hydrogen) atoms. The molecule has 1 aromatic rings. The van der Waals surface area contributed by atoms with Crippen molar-refractivity contribution in [3.05, 3.63) is 27.9 Å². The van der Waals surface area contributed by atoms with Crippen molar-refractivity contribution in [3.63, 3.8) is 0 Å². The number of pyridine rings is 1. The van der Waals surface area contributed by atoms with Crippen LogP contribution < -0.4 is 5.32 Å². The number of nitrogens with one attached hydrogen (secondary N) is 1. The van der Waals surface area contributed by atoms with Gasteiger partial charge in [-0.05, 0) is 24.7 Å². The highest BCUT2D eigenvalue weighted by atomic mass is 16.6. The van der Waals surface area contributed by atoms with Gasteiger partial charge in [0.15, 0.2) is 0 Å². The van der Waals surface area contributed by atoms with Gasteiger partial charge in [-0.15, -0.1) is 0 Å². The average Bonchev–Trinajstić information content (AvgIpc) is 3.16. The molecule has 0 amide bonds. The van der Waals surface area contributed by atoms with Crippen LogP contribution in [0.3, 0.4) is 0 Å². The Hall–Kier alpha value is -2.16. The molecule has 6 nitrogen and oxygen atoms in total. The second kappa shape index (κ2) is 5.22. The highest BCUT2D eigenvalue weighted by Crippen LogP contribution is 2.49. The molecular weight excluding hydrogens is 244 g/mol. The number of nitro groups is 1. The van der Waals surface area contributed by atoms with Crippen molar-refractivity contribution in [2.45, 2.75) is 32.6 Å². The lowest BCUT2D eigenvalue weighted by molar-refractivity contribution is -0.385. The number of nitriles is 1.